The molecule has 1 fully saturated rings. The first kappa shape index (κ1) is 19.6. The quantitative estimate of drug-likeness (QED) is 0.622. The number of anilines is 2. The molecule has 11 heteroatoms. The van der Waals surface area contributed by atoms with Crippen molar-refractivity contribution in [2.45, 2.75) is 25.9 Å². The SMILES string of the molecule is Cc1cc(NC(=O)C2CCN(c3ccc(C(F)(F)F)cc3[N+](=O)[O-])CC2)no1. The van der Waals surface area contributed by atoms with Gasteiger partial charge in [-0.15, -0.1) is 0 Å². The second-order valence-electron chi connectivity index (χ2n) is 6.53. The van der Waals surface area contributed by atoms with Crippen LogP contribution in [0.3, 0.4) is 0 Å². The van der Waals surface area contributed by atoms with Crippen LogP contribution in [0.1, 0.15) is 24.2 Å². The number of nitro groups is 1. The van der Waals surface area contributed by atoms with Gasteiger partial charge in [0.2, 0.25) is 5.91 Å². The number of hydrogen-bond donors (Lipinski definition) is 1. The van der Waals surface area contributed by atoms with Crippen LogP contribution in [0.4, 0.5) is 30.4 Å². The Labute approximate surface area is 157 Å². The van der Waals surface area contributed by atoms with E-state index in [2.05, 4.69) is 10.5 Å². The second-order valence-corrected chi connectivity index (χ2v) is 6.53. The average Bonchev–Trinajstić information content (AvgIpc) is 3.05. The smallest absolute Gasteiger partial charge is 0.366 e. The number of nitro benzene ring substituents is 1. The monoisotopic (exact) mass is 398 g/mol. The minimum atomic E-state index is -4.66. The standard InChI is InChI=1S/C17H17F3N4O4/c1-10-8-15(22-28-10)21-16(25)11-4-6-23(7-5-11)13-3-2-12(17(18,19)20)9-14(13)24(26)27/h2-3,8-9,11H,4-7H2,1H3,(H,21,22,25). The number of benzene rings is 1. The molecule has 8 nitrogen and oxygen atoms in total. The zero-order chi connectivity index (χ0) is 20.5. The summed E-state index contributed by atoms with van der Waals surface area (Å²) in [4.78, 5) is 24.4. The molecule has 1 aliphatic heterocycles. The van der Waals surface area contributed by atoms with E-state index < -0.39 is 22.4 Å². The molecule has 1 aromatic carbocycles. The number of carbonyl (C=O) groups excluding carboxylic acids is 1. The Balaban J connectivity index is 1.69. The van der Waals surface area contributed by atoms with Crippen LogP contribution >= 0.6 is 0 Å². The summed E-state index contributed by atoms with van der Waals surface area (Å²) in [6.07, 6.45) is -3.85. The van der Waals surface area contributed by atoms with E-state index in [1.165, 1.54) is 0 Å². The van der Waals surface area contributed by atoms with Gasteiger partial charge in [-0.2, -0.15) is 13.2 Å². The van der Waals surface area contributed by atoms with Crippen LogP contribution in [0.15, 0.2) is 28.8 Å². The van der Waals surface area contributed by atoms with Crippen molar-refractivity contribution in [2.24, 2.45) is 5.92 Å². The van der Waals surface area contributed by atoms with E-state index in [1.807, 2.05) is 0 Å². The minimum absolute atomic E-state index is 0.115. The van der Waals surface area contributed by atoms with Gasteiger partial charge >= 0.3 is 6.18 Å². The predicted octanol–water partition coefficient (Wildman–Crippen LogP) is 3.77. The maximum absolute atomic E-state index is 12.8. The number of rotatable bonds is 4. The first-order chi connectivity index (χ1) is 13.1. The lowest BCUT2D eigenvalue weighted by atomic mass is 9.95. The van der Waals surface area contributed by atoms with E-state index in [0.717, 1.165) is 12.1 Å². The van der Waals surface area contributed by atoms with Gasteiger partial charge in [-0.3, -0.25) is 14.9 Å². The molecule has 0 radical (unpaired) electrons. The van der Waals surface area contributed by atoms with Gasteiger partial charge in [-0.05, 0) is 31.9 Å². The topological polar surface area (TPSA) is 102 Å². The van der Waals surface area contributed by atoms with Crippen LogP contribution in [-0.4, -0.2) is 29.1 Å². The van der Waals surface area contributed by atoms with Crippen LogP contribution in [0.5, 0.6) is 0 Å². The molecule has 0 spiro atoms. The minimum Gasteiger partial charge on any atom is -0.366 e. The summed E-state index contributed by atoms with van der Waals surface area (Å²) in [5.74, 6) is 0.291. The highest BCUT2D eigenvalue weighted by atomic mass is 19.4. The van der Waals surface area contributed by atoms with Crippen molar-refractivity contribution >= 4 is 23.1 Å². The van der Waals surface area contributed by atoms with Gasteiger partial charge in [0.1, 0.15) is 11.4 Å². The normalized spacial score (nSPS) is 15.5. The fourth-order valence-electron chi connectivity index (χ4n) is 3.15. The lowest BCUT2D eigenvalue weighted by Crippen LogP contribution is -2.38. The Morgan fingerprint density at radius 2 is 2.00 bits per heavy atom. The number of amides is 1. The molecule has 2 heterocycles. The highest BCUT2D eigenvalue weighted by Gasteiger charge is 2.35. The number of hydrogen-bond acceptors (Lipinski definition) is 6. The lowest BCUT2D eigenvalue weighted by molar-refractivity contribution is -0.384. The number of nitrogens with zero attached hydrogens (tertiary/aromatic N) is 3. The van der Waals surface area contributed by atoms with Gasteiger partial charge < -0.3 is 14.7 Å². The summed E-state index contributed by atoms with van der Waals surface area (Å²) in [6.45, 7) is 2.31. The molecule has 1 amide bonds. The van der Waals surface area contributed by atoms with Crippen molar-refractivity contribution in [2.75, 3.05) is 23.3 Å². The molecule has 0 atom stereocenters. The third-order valence-electron chi connectivity index (χ3n) is 4.59. The van der Waals surface area contributed by atoms with Crippen molar-refractivity contribution in [1.82, 2.24) is 5.16 Å². The van der Waals surface area contributed by atoms with Crippen molar-refractivity contribution < 1.29 is 27.4 Å². The number of aryl methyl sites for hydroxylation is 1. The number of carbonyl (C=O) groups is 1. The highest BCUT2D eigenvalue weighted by molar-refractivity contribution is 5.91. The third kappa shape index (κ3) is 4.24. The Morgan fingerprint density at radius 1 is 1.32 bits per heavy atom. The van der Waals surface area contributed by atoms with Gasteiger partial charge in [0.25, 0.3) is 5.69 Å². The summed E-state index contributed by atoms with van der Waals surface area (Å²) >= 11 is 0. The Morgan fingerprint density at radius 3 is 2.54 bits per heavy atom. The molecule has 2 aromatic rings. The van der Waals surface area contributed by atoms with Gasteiger partial charge in [-0.1, -0.05) is 5.16 Å². The van der Waals surface area contributed by atoms with E-state index in [1.54, 1.807) is 17.9 Å². The van der Waals surface area contributed by atoms with E-state index in [9.17, 15) is 28.1 Å². The number of nitrogens with one attached hydrogen (secondary N) is 1. The number of aromatic nitrogens is 1. The summed E-state index contributed by atoms with van der Waals surface area (Å²) in [5.41, 5.74) is -1.56. The van der Waals surface area contributed by atoms with Crippen molar-refractivity contribution in [1.29, 1.82) is 0 Å². The zero-order valence-corrected chi connectivity index (χ0v) is 14.8. The Bertz CT molecular complexity index is 889. The van der Waals surface area contributed by atoms with Crippen LogP contribution in [0.2, 0.25) is 0 Å². The molecule has 0 aliphatic carbocycles. The third-order valence-corrected chi connectivity index (χ3v) is 4.59. The number of alkyl halides is 3. The molecule has 3 rings (SSSR count). The summed E-state index contributed by atoms with van der Waals surface area (Å²) < 4.78 is 43.4. The lowest BCUT2D eigenvalue weighted by Gasteiger charge is -2.32. The fourth-order valence-corrected chi connectivity index (χ4v) is 3.15. The Kier molecular flexibility index (Phi) is 5.25. The molecule has 1 saturated heterocycles. The highest BCUT2D eigenvalue weighted by Crippen LogP contribution is 2.37. The van der Waals surface area contributed by atoms with E-state index in [4.69, 9.17) is 4.52 Å². The summed E-state index contributed by atoms with van der Waals surface area (Å²) in [5, 5.41) is 17.6. The van der Waals surface area contributed by atoms with Gasteiger partial charge in [0.15, 0.2) is 5.82 Å². The molecule has 0 unspecified atom stereocenters. The molecule has 0 bridgehead atoms. The molecule has 0 saturated carbocycles. The number of halogens is 3. The van der Waals surface area contributed by atoms with Crippen LogP contribution in [-0.2, 0) is 11.0 Å². The van der Waals surface area contributed by atoms with Gasteiger partial charge in [-0.25, -0.2) is 0 Å². The van der Waals surface area contributed by atoms with Crippen molar-refractivity contribution in [3.05, 3.63) is 45.7 Å². The maximum Gasteiger partial charge on any atom is 0.416 e. The predicted molar refractivity (Wildman–Crippen MR) is 92.9 cm³/mol. The molecule has 1 aliphatic rings. The molecule has 1 aromatic heterocycles. The van der Waals surface area contributed by atoms with E-state index in [0.29, 0.717) is 43.6 Å². The van der Waals surface area contributed by atoms with Crippen LogP contribution in [0, 0.1) is 23.0 Å². The largest absolute Gasteiger partial charge is 0.416 e. The first-order valence-electron chi connectivity index (χ1n) is 8.50. The van der Waals surface area contributed by atoms with Crippen LogP contribution in [0.25, 0.3) is 0 Å². The van der Waals surface area contributed by atoms with E-state index >= 15 is 0 Å². The van der Waals surface area contributed by atoms with Gasteiger partial charge in [0.05, 0.1) is 10.5 Å². The molecule has 28 heavy (non-hydrogen) atoms. The average molecular weight is 398 g/mol. The molecule has 150 valence electrons. The van der Waals surface area contributed by atoms with Crippen molar-refractivity contribution in [3.8, 4) is 0 Å². The molecular formula is C17H17F3N4O4. The van der Waals surface area contributed by atoms with E-state index in [-0.39, 0.29) is 17.5 Å². The van der Waals surface area contributed by atoms with Gasteiger partial charge in [0, 0.05) is 31.1 Å². The molecular weight excluding hydrogens is 381 g/mol. The second kappa shape index (κ2) is 7.49. The van der Waals surface area contributed by atoms with Crippen molar-refractivity contribution in [3.63, 3.8) is 0 Å². The summed E-state index contributed by atoms with van der Waals surface area (Å²) in [6, 6.07) is 4.06. The molecule has 1 N–H and O–H groups in total. The zero-order valence-electron chi connectivity index (χ0n) is 14.8. The fraction of sp³-hybridized carbons (Fsp3) is 0.412. The maximum atomic E-state index is 12.8. The van der Waals surface area contributed by atoms with Crippen LogP contribution < -0.4 is 10.2 Å². The first-order valence-corrected chi connectivity index (χ1v) is 8.50. The summed E-state index contributed by atoms with van der Waals surface area (Å²) in [7, 11) is 0. The number of piperidine rings is 1. The Hall–Kier alpha value is -3.11.